The lowest BCUT2D eigenvalue weighted by molar-refractivity contribution is 0.102. The van der Waals surface area contributed by atoms with E-state index in [0.717, 1.165) is 0 Å². The number of halogens is 1. The number of allylic oxidation sites excluding steroid dienone is 1. The Balaban J connectivity index is 1.84. The first-order valence-corrected chi connectivity index (χ1v) is 10.4. The van der Waals surface area contributed by atoms with Gasteiger partial charge in [-0.1, -0.05) is 30.3 Å². The molecule has 7 heteroatoms. The predicted octanol–water partition coefficient (Wildman–Crippen LogP) is 5.62. The standard InChI is InChI=1S/C25H22BrNO5/c1-30-21-15-22(31-2)23(26)24(32-3)19(21)12-13-20(28)17-10-7-11-18(14-17)27-25(29)16-8-5-4-6-9-16/h4-15H,1-3H3,(H,27,29)/b13-12+. The van der Waals surface area contributed by atoms with E-state index in [1.807, 2.05) is 6.07 Å². The minimum Gasteiger partial charge on any atom is -0.496 e. The summed E-state index contributed by atoms with van der Waals surface area (Å²) in [6.45, 7) is 0. The molecule has 1 N–H and O–H groups in total. The lowest BCUT2D eigenvalue weighted by atomic mass is 10.1. The van der Waals surface area contributed by atoms with Crippen LogP contribution in [0, 0.1) is 0 Å². The summed E-state index contributed by atoms with van der Waals surface area (Å²) in [5.41, 5.74) is 2.08. The molecule has 0 radical (unpaired) electrons. The Hall–Kier alpha value is -3.58. The third kappa shape index (κ3) is 5.18. The SMILES string of the molecule is COc1cc(OC)c(/C=C/C(=O)c2cccc(NC(=O)c3ccccc3)c2)c(OC)c1Br. The molecule has 3 rings (SSSR count). The van der Waals surface area contributed by atoms with Gasteiger partial charge in [0.2, 0.25) is 0 Å². The fraction of sp³-hybridized carbons (Fsp3) is 0.120. The zero-order chi connectivity index (χ0) is 23.1. The highest BCUT2D eigenvalue weighted by Gasteiger charge is 2.17. The molecule has 0 aliphatic rings. The number of ether oxygens (including phenoxy) is 3. The summed E-state index contributed by atoms with van der Waals surface area (Å²) in [7, 11) is 4.60. The van der Waals surface area contributed by atoms with Gasteiger partial charge >= 0.3 is 0 Å². The van der Waals surface area contributed by atoms with Crippen LogP contribution < -0.4 is 19.5 Å². The van der Waals surface area contributed by atoms with Gasteiger partial charge in [0.05, 0.1) is 26.9 Å². The van der Waals surface area contributed by atoms with E-state index in [2.05, 4.69) is 21.2 Å². The second-order valence-electron chi connectivity index (χ2n) is 6.64. The first-order valence-electron chi connectivity index (χ1n) is 9.65. The summed E-state index contributed by atoms with van der Waals surface area (Å²) in [6, 6.07) is 17.3. The second-order valence-corrected chi connectivity index (χ2v) is 7.43. The number of amides is 1. The van der Waals surface area contributed by atoms with Crippen molar-refractivity contribution in [3.63, 3.8) is 0 Å². The van der Waals surface area contributed by atoms with Crippen LogP contribution >= 0.6 is 15.9 Å². The lowest BCUT2D eigenvalue weighted by Crippen LogP contribution is -2.12. The molecule has 1 amide bonds. The first-order chi connectivity index (χ1) is 15.5. The highest BCUT2D eigenvalue weighted by molar-refractivity contribution is 9.10. The molecule has 0 aromatic heterocycles. The topological polar surface area (TPSA) is 73.9 Å². The molecule has 0 atom stereocenters. The van der Waals surface area contributed by atoms with E-state index >= 15 is 0 Å². The minimum absolute atomic E-state index is 0.239. The van der Waals surface area contributed by atoms with E-state index in [0.29, 0.717) is 44.1 Å². The van der Waals surface area contributed by atoms with Gasteiger partial charge in [0, 0.05) is 22.9 Å². The number of nitrogens with one attached hydrogen (secondary N) is 1. The van der Waals surface area contributed by atoms with Crippen molar-refractivity contribution >= 4 is 39.4 Å². The summed E-state index contributed by atoms with van der Waals surface area (Å²) >= 11 is 3.45. The molecule has 0 aliphatic heterocycles. The van der Waals surface area contributed by atoms with Gasteiger partial charge in [0.15, 0.2) is 5.78 Å². The number of anilines is 1. The maximum absolute atomic E-state index is 12.8. The first kappa shape index (κ1) is 23.1. The Kier molecular flexibility index (Phi) is 7.68. The second kappa shape index (κ2) is 10.6. The Bertz CT molecular complexity index is 1160. The number of methoxy groups -OCH3 is 3. The van der Waals surface area contributed by atoms with Crippen LogP contribution in [0.1, 0.15) is 26.3 Å². The van der Waals surface area contributed by atoms with Crippen molar-refractivity contribution in [2.45, 2.75) is 0 Å². The third-order valence-corrected chi connectivity index (χ3v) is 5.43. The number of carbonyl (C=O) groups excluding carboxylic acids is 2. The van der Waals surface area contributed by atoms with Crippen LogP contribution in [0.2, 0.25) is 0 Å². The van der Waals surface area contributed by atoms with Gasteiger partial charge in [-0.2, -0.15) is 0 Å². The molecule has 0 spiro atoms. The molecule has 0 bridgehead atoms. The lowest BCUT2D eigenvalue weighted by Gasteiger charge is -2.15. The molecule has 0 saturated carbocycles. The maximum Gasteiger partial charge on any atom is 0.255 e. The van der Waals surface area contributed by atoms with E-state index in [9.17, 15) is 9.59 Å². The average Bonchev–Trinajstić information content (AvgIpc) is 2.83. The van der Waals surface area contributed by atoms with Gasteiger partial charge in [-0.25, -0.2) is 0 Å². The summed E-state index contributed by atoms with van der Waals surface area (Å²) in [5.74, 6) is 1.04. The van der Waals surface area contributed by atoms with Gasteiger partial charge in [-0.15, -0.1) is 0 Å². The van der Waals surface area contributed by atoms with E-state index < -0.39 is 0 Å². The normalized spacial score (nSPS) is 10.6. The monoisotopic (exact) mass is 495 g/mol. The smallest absolute Gasteiger partial charge is 0.255 e. The molecule has 0 fully saturated rings. The Morgan fingerprint density at radius 3 is 2.19 bits per heavy atom. The van der Waals surface area contributed by atoms with Crippen molar-refractivity contribution in [2.24, 2.45) is 0 Å². The van der Waals surface area contributed by atoms with E-state index in [-0.39, 0.29) is 11.7 Å². The van der Waals surface area contributed by atoms with Crippen LogP contribution in [-0.2, 0) is 0 Å². The molecule has 0 aliphatic carbocycles. The maximum atomic E-state index is 12.8. The molecular formula is C25H22BrNO5. The minimum atomic E-state index is -0.247. The molecule has 3 aromatic rings. The average molecular weight is 496 g/mol. The molecule has 0 saturated heterocycles. The number of benzene rings is 3. The molecule has 0 unspecified atom stereocenters. The van der Waals surface area contributed by atoms with Gasteiger partial charge in [-0.3, -0.25) is 9.59 Å². The Morgan fingerprint density at radius 1 is 0.844 bits per heavy atom. The molecular weight excluding hydrogens is 474 g/mol. The Labute approximate surface area is 194 Å². The predicted molar refractivity (Wildman–Crippen MR) is 128 cm³/mol. The van der Waals surface area contributed by atoms with E-state index in [4.69, 9.17) is 14.2 Å². The molecule has 164 valence electrons. The fourth-order valence-corrected chi connectivity index (χ4v) is 3.73. The summed E-state index contributed by atoms with van der Waals surface area (Å²) < 4.78 is 16.9. The third-order valence-electron chi connectivity index (χ3n) is 4.67. The van der Waals surface area contributed by atoms with Gasteiger partial charge in [0.1, 0.15) is 21.7 Å². The van der Waals surface area contributed by atoms with Gasteiger partial charge in [0.25, 0.3) is 5.91 Å². The van der Waals surface area contributed by atoms with Crippen molar-refractivity contribution in [3.05, 3.63) is 87.9 Å². The highest BCUT2D eigenvalue weighted by Crippen LogP contribution is 2.43. The zero-order valence-corrected chi connectivity index (χ0v) is 19.4. The summed E-state index contributed by atoms with van der Waals surface area (Å²) in [4.78, 5) is 25.2. The number of rotatable bonds is 8. The summed E-state index contributed by atoms with van der Waals surface area (Å²) in [5, 5.41) is 2.81. The zero-order valence-electron chi connectivity index (χ0n) is 17.8. The van der Waals surface area contributed by atoms with Crippen LogP contribution in [-0.4, -0.2) is 33.0 Å². The molecule has 3 aromatic carbocycles. The van der Waals surface area contributed by atoms with Gasteiger partial charge in [-0.05, 0) is 52.3 Å². The van der Waals surface area contributed by atoms with Crippen molar-refractivity contribution < 1.29 is 23.8 Å². The van der Waals surface area contributed by atoms with Crippen LogP contribution in [0.4, 0.5) is 5.69 Å². The van der Waals surface area contributed by atoms with Crippen molar-refractivity contribution in [2.75, 3.05) is 26.6 Å². The highest BCUT2D eigenvalue weighted by atomic mass is 79.9. The van der Waals surface area contributed by atoms with E-state index in [1.165, 1.54) is 20.3 Å². The van der Waals surface area contributed by atoms with E-state index in [1.54, 1.807) is 67.8 Å². The van der Waals surface area contributed by atoms with Gasteiger partial charge < -0.3 is 19.5 Å². The Morgan fingerprint density at radius 2 is 1.53 bits per heavy atom. The number of hydrogen-bond acceptors (Lipinski definition) is 5. The van der Waals surface area contributed by atoms with Crippen LogP contribution in [0.25, 0.3) is 6.08 Å². The summed E-state index contributed by atoms with van der Waals surface area (Å²) in [6.07, 6.45) is 3.05. The van der Waals surface area contributed by atoms with Crippen molar-refractivity contribution in [3.8, 4) is 17.2 Å². The van der Waals surface area contributed by atoms with Crippen LogP contribution in [0.5, 0.6) is 17.2 Å². The van der Waals surface area contributed by atoms with Crippen molar-refractivity contribution in [1.29, 1.82) is 0 Å². The van der Waals surface area contributed by atoms with Crippen molar-refractivity contribution in [1.82, 2.24) is 0 Å². The fourth-order valence-electron chi connectivity index (χ4n) is 3.08. The van der Waals surface area contributed by atoms with Crippen LogP contribution in [0.3, 0.4) is 0 Å². The molecule has 0 heterocycles. The quantitative estimate of drug-likeness (QED) is 0.324. The number of ketones is 1. The number of carbonyl (C=O) groups is 2. The number of hydrogen-bond donors (Lipinski definition) is 1. The molecule has 6 nitrogen and oxygen atoms in total. The van der Waals surface area contributed by atoms with Crippen LogP contribution in [0.15, 0.2) is 71.2 Å². The largest absolute Gasteiger partial charge is 0.496 e. The molecule has 32 heavy (non-hydrogen) atoms.